The molecule has 13 heavy (non-hydrogen) atoms. The average Bonchev–Trinajstić information content (AvgIpc) is 2.19. The average molecular weight is 196 g/mol. The van der Waals surface area contributed by atoms with Crippen LogP contribution in [0.15, 0.2) is 24.4 Å². The third-order valence-electron chi connectivity index (χ3n) is 1.69. The Balaban J connectivity index is 2.07. The van der Waals surface area contributed by atoms with Gasteiger partial charge in [0, 0.05) is 11.9 Å². The van der Waals surface area contributed by atoms with Gasteiger partial charge in [-0.1, -0.05) is 6.07 Å². The summed E-state index contributed by atoms with van der Waals surface area (Å²) < 4.78 is 0. The Bertz CT molecular complexity index is 213. The summed E-state index contributed by atoms with van der Waals surface area (Å²) in [5.41, 5.74) is 1.18. The molecule has 1 rings (SSSR count). The van der Waals surface area contributed by atoms with Gasteiger partial charge < -0.3 is 5.32 Å². The molecule has 72 valence electrons. The van der Waals surface area contributed by atoms with Crippen molar-refractivity contribution in [3.63, 3.8) is 0 Å². The van der Waals surface area contributed by atoms with Gasteiger partial charge in [-0.05, 0) is 37.9 Å². The van der Waals surface area contributed by atoms with Crippen molar-refractivity contribution in [3.05, 3.63) is 30.1 Å². The van der Waals surface area contributed by atoms with Crippen LogP contribution < -0.4 is 5.32 Å². The Morgan fingerprint density at radius 1 is 1.46 bits per heavy atom. The monoisotopic (exact) mass is 196 g/mol. The van der Waals surface area contributed by atoms with Crippen molar-refractivity contribution >= 4 is 11.8 Å². The van der Waals surface area contributed by atoms with Crippen LogP contribution in [0.1, 0.15) is 12.1 Å². The maximum Gasteiger partial charge on any atom is 0.0502 e. The fourth-order valence-corrected chi connectivity index (χ4v) is 1.88. The molecule has 0 aliphatic carbocycles. The van der Waals surface area contributed by atoms with Crippen molar-refractivity contribution in [1.29, 1.82) is 0 Å². The van der Waals surface area contributed by atoms with Gasteiger partial charge in [-0.2, -0.15) is 11.8 Å². The van der Waals surface area contributed by atoms with Gasteiger partial charge in [-0.3, -0.25) is 4.98 Å². The summed E-state index contributed by atoms with van der Waals surface area (Å²) >= 11 is 1.94. The topological polar surface area (TPSA) is 24.9 Å². The van der Waals surface area contributed by atoms with Crippen molar-refractivity contribution in [2.45, 2.75) is 12.2 Å². The number of hydrogen-bond donors (Lipinski definition) is 1. The van der Waals surface area contributed by atoms with Gasteiger partial charge in [0.05, 0.1) is 5.69 Å². The molecule has 0 aromatic carbocycles. The highest BCUT2D eigenvalue weighted by molar-refractivity contribution is 7.98. The first-order valence-electron chi connectivity index (χ1n) is 4.55. The summed E-state index contributed by atoms with van der Waals surface area (Å²) in [7, 11) is 1.99. The second-order valence-corrected chi connectivity index (χ2v) is 3.94. The molecule has 3 heteroatoms. The van der Waals surface area contributed by atoms with Crippen LogP contribution in [-0.2, 0) is 5.75 Å². The molecule has 1 heterocycles. The van der Waals surface area contributed by atoms with Gasteiger partial charge in [0.1, 0.15) is 0 Å². The molecule has 2 nitrogen and oxygen atoms in total. The minimum absolute atomic E-state index is 1.03. The number of thioether (sulfide) groups is 1. The van der Waals surface area contributed by atoms with E-state index >= 15 is 0 Å². The molecule has 0 fully saturated rings. The lowest BCUT2D eigenvalue weighted by molar-refractivity contribution is 0.778. The number of nitrogens with zero attached hydrogens (tertiary/aromatic N) is 1. The van der Waals surface area contributed by atoms with E-state index in [4.69, 9.17) is 0 Å². The van der Waals surface area contributed by atoms with Crippen LogP contribution in [-0.4, -0.2) is 24.3 Å². The van der Waals surface area contributed by atoms with Crippen LogP contribution in [0.3, 0.4) is 0 Å². The second-order valence-electron chi connectivity index (χ2n) is 2.83. The lowest BCUT2D eigenvalue weighted by atomic mass is 10.4. The lowest BCUT2D eigenvalue weighted by Crippen LogP contribution is -2.08. The summed E-state index contributed by atoms with van der Waals surface area (Å²) in [5.74, 6) is 2.24. The standard InChI is InChI=1S/C10H16N2S/c1-11-6-4-8-13-9-10-5-2-3-7-12-10/h2-3,5,7,11H,4,6,8-9H2,1H3. The first kappa shape index (κ1) is 10.5. The van der Waals surface area contributed by atoms with Crippen molar-refractivity contribution in [2.24, 2.45) is 0 Å². The minimum atomic E-state index is 1.03. The van der Waals surface area contributed by atoms with Gasteiger partial charge in [0.2, 0.25) is 0 Å². The molecule has 1 aromatic rings. The largest absolute Gasteiger partial charge is 0.320 e. The summed E-state index contributed by atoms with van der Waals surface area (Å²) in [6.45, 7) is 1.11. The zero-order chi connectivity index (χ0) is 9.36. The molecule has 1 aromatic heterocycles. The zero-order valence-corrected chi connectivity index (χ0v) is 8.81. The lowest BCUT2D eigenvalue weighted by Gasteiger charge is -2.00. The Morgan fingerprint density at radius 3 is 3.08 bits per heavy atom. The fraction of sp³-hybridized carbons (Fsp3) is 0.500. The number of rotatable bonds is 6. The van der Waals surface area contributed by atoms with E-state index in [1.807, 2.05) is 37.1 Å². The third-order valence-corrected chi connectivity index (χ3v) is 2.77. The molecule has 0 radical (unpaired) electrons. The van der Waals surface area contributed by atoms with E-state index in [-0.39, 0.29) is 0 Å². The van der Waals surface area contributed by atoms with Crippen LogP contribution in [0, 0.1) is 0 Å². The third kappa shape index (κ3) is 4.90. The quantitative estimate of drug-likeness (QED) is 0.704. The summed E-state index contributed by atoms with van der Waals surface area (Å²) in [4.78, 5) is 4.26. The van der Waals surface area contributed by atoms with Gasteiger partial charge in [0.15, 0.2) is 0 Å². The predicted molar refractivity (Wildman–Crippen MR) is 58.9 cm³/mol. The molecule has 0 unspecified atom stereocenters. The number of nitrogens with one attached hydrogen (secondary N) is 1. The normalized spacial score (nSPS) is 10.2. The van der Waals surface area contributed by atoms with Gasteiger partial charge in [0.25, 0.3) is 0 Å². The molecule has 1 N–H and O–H groups in total. The maximum absolute atomic E-state index is 4.26. The zero-order valence-electron chi connectivity index (χ0n) is 7.99. The maximum atomic E-state index is 4.26. The van der Waals surface area contributed by atoms with Gasteiger partial charge in [-0.25, -0.2) is 0 Å². The van der Waals surface area contributed by atoms with Crippen molar-refractivity contribution < 1.29 is 0 Å². The Labute approximate surface area is 84.1 Å². The van der Waals surface area contributed by atoms with Crippen molar-refractivity contribution in [1.82, 2.24) is 10.3 Å². The fourth-order valence-electron chi connectivity index (χ4n) is 1.01. The minimum Gasteiger partial charge on any atom is -0.320 e. The molecule has 0 saturated heterocycles. The number of aromatic nitrogens is 1. The number of pyridine rings is 1. The highest BCUT2D eigenvalue weighted by Crippen LogP contribution is 2.09. The van der Waals surface area contributed by atoms with Gasteiger partial charge >= 0.3 is 0 Å². The van der Waals surface area contributed by atoms with E-state index in [0.717, 1.165) is 12.3 Å². The van der Waals surface area contributed by atoms with Crippen molar-refractivity contribution in [2.75, 3.05) is 19.3 Å². The van der Waals surface area contributed by atoms with Crippen LogP contribution in [0.5, 0.6) is 0 Å². The van der Waals surface area contributed by atoms with Crippen LogP contribution in [0.25, 0.3) is 0 Å². The van der Waals surface area contributed by atoms with E-state index in [9.17, 15) is 0 Å². The molecular weight excluding hydrogens is 180 g/mol. The Morgan fingerprint density at radius 2 is 2.38 bits per heavy atom. The van der Waals surface area contributed by atoms with E-state index in [2.05, 4.69) is 16.4 Å². The Hall–Kier alpha value is -0.540. The van der Waals surface area contributed by atoms with Crippen LogP contribution >= 0.6 is 11.8 Å². The molecule has 0 aliphatic rings. The Kier molecular flexibility index (Phi) is 5.61. The van der Waals surface area contributed by atoms with E-state index in [1.54, 1.807) is 0 Å². The first-order valence-corrected chi connectivity index (χ1v) is 5.71. The first-order chi connectivity index (χ1) is 6.43. The molecular formula is C10H16N2S. The van der Waals surface area contributed by atoms with E-state index < -0.39 is 0 Å². The molecule has 0 amide bonds. The molecule has 0 saturated carbocycles. The van der Waals surface area contributed by atoms with Crippen LogP contribution in [0.4, 0.5) is 0 Å². The highest BCUT2D eigenvalue weighted by Gasteiger charge is 1.92. The number of hydrogen-bond acceptors (Lipinski definition) is 3. The highest BCUT2D eigenvalue weighted by atomic mass is 32.2. The SMILES string of the molecule is CNCCCSCc1ccccn1. The van der Waals surface area contributed by atoms with Crippen LogP contribution in [0.2, 0.25) is 0 Å². The molecule has 0 bridgehead atoms. The summed E-state index contributed by atoms with van der Waals surface area (Å²) in [5, 5.41) is 3.14. The van der Waals surface area contributed by atoms with Crippen molar-refractivity contribution in [3.8, 4) is 0 Å². The van der Waals surface area contributed by atoms with E-state index in [0.29, 0.717) is 0 Å². The molecule has 0 atom stereocenters. The summed E-state index contributed by atoms with van der Waals surface area (Å²) in [6.07, 6.45) is 3.08. The van der Waals surface area contributed by atoms with E-state index in [1.165, 1.54) is 17.9 Å². The summed E-state index contributed by atoms with van der Waals surface area (Å²) in [6, 6.07) is 6.07. The smallest absolute Gasteiger partial charge is 0.0502 e. The second kappa shape index (κ2) is 6.92. The molecule has 0 spiro atoms. The molecule has 0 aliphatic heterocycles. The predicted octanol–water partition coefficient (Wildman–Crippen LogP) is 1.92. The van der Waals surface area contributed by atoms with Gasteiger partial charge in [-0.15, -0.1) is 0 Å².